The summed E-state index contributed by atoms with van der Waals surface area (Å²) < 4.78 is 13.5. The van der Waals surface area contributed by atoms with Crippen molar-refractivity contribution in [3.63, 3.8) is 0 Å². The van der Waals surface area contributed by atoms with E-state index in [0.717, 1.165) is 42.2 Å². The summed E-state index contributed by atoms with van der Waals surface area (Å²) in [7, 11) is 0. The van der Waals surface area contributed by atoms with Gasteiger partial charge < -0.3 is 27.1 Å². The first-order valence-electron chi connectivity index (χ1n) is 9.47. The molecule has 7 heteroatoms. The molecule has 0 saturated carbocycles. The van der Waals surface area contributed by atoms with Crippen molar-refractivity contribution < 1.29 is 4.39 Å². The van der Waals surface area contributed by atoms with E-state index >= 15 is 0 Å². The van der Waals surface area contributed by atoms with Gasteiger partial charge in [0.05, 0.1) is 5.54 Å². The summed E-state index contributed by atoms with van der Waals surface area (Å²) in [6, 6.07) is 6.76. The van der Waals surface area contributed by atoms with Gasteiger partial charge in [0.1, 0.15) is 11.6 Å². The van der Waals surface area contributed by atoms with E-state index in [1.807, 2.05) is 12.2 Å². The van der Waals surface area contributed by atoms with Crippen LogP contribution in [0.3, 0.4) is 0 Å². The molecule has 2 unspecified atom stereocenters. The third kappa shape index (κ3) is 3.82. The van der Waals surface area contributed by atoms with Crippen LogP contribution >= 0.6 is 0 Å². The van der Waals surface area contributed by atoms with Crippen molar-refractivity contribution in [3.05, 3.63) is 83.6 Å². The van der Waals surface area contributed by atoms with Gasteiger partial charge in [0, 0.05) is 37.8 Å². The highest BCUT2D eigenvalue weighted by molar-refractivity contribution is 5.54. The molecule has 7 N–H and O–H groups in total. The molecule has 0 radical (unpaired) electrons. The van der Waals surface area contributed by atoms with E-state index in [-0.39, 0.29) is 11.9 Å². The van der Waals surface area contributed by atoms with Crippen LogP contribution in [0.1, 0.15) is 12.5 Å². The van der Waals surface area contributed by atoms with Crippen molar-refractivity contribution in [2.45, 2.75) is 18.5 Å². The third-order valence-electron chi connectivity index (χ3n) is 5.31. The Labute approximate surface area is 165 Å². The molecule has 0 amide bonds. The van der Waals surface area contributed by atoms with Gasteiger partial charge in [-0.25, -0.2) is 9.82 Å². The number of nitrogens with two attached hydrogens (primary N) is 2. The Kier molecular flexibility index (Phi) is 6.18. The molecule has 1 aromatic rings. The second-order valence-electron chi connectivity index (χ2n) is 7.16. The highest BCUT2D eigenvalue weighted by Gasteiger charge is 2.41. The number of hydrogen-bond donors (Lipinski definition) is 5. The minimum absolute atomic E-state index is 0.221. The van der Waals surface area contributed by atoms with Crippen molar-refractivity contribution in [2.24, 2.45) is 11.5 Å². The summed E-state index contributed by atoms with van der Waals surface area (Å²) in [6.45, 7) is 8.96. The number of allylic oxidation sites excluding steroid dienone is 3. The van der Waals surface area contributed by atoms with Gasteiger partial charge in [-0.05, 0) is 42.5 Å². The first kappa shape index (κ1) is 20.1. The fraction of sp³-hybridized carbons (Fsp3) is 0.333. The molecule has 1 aromatic carbocycles. The number of nitrogens with one attached hydrogen (secondary N) is 3. The zero-order chi connectivity index (χ0) is 20.1. The van der Waals surface area contributed by atoms with Crippen LogP contribution in [0.2, 0.25) is 0 Å². The van der Waals surface area contributed by atoms with Crippen molar-refractivity contribution in [1.29, 1.82) is 0 Å². The van der Waals surface area contributed by atoms with E-state index in [9.17, 15) is 4.39 Å². The van der Waals surface area contributed by atoms with Crippen molar-refractivity contribution in [3.8, 4) is 0 Å². The van der Waals surface area contributed by atoms with Gasteiger partial charge in [-0.1, -0.05) is 30.9 Å². The number of hydrazine groups is 1. The molecular formula is C21H29FN6. The van der Waals surface area contributed by atoms with Crippen LogP contribution in [0, 0.1) is 5.82 Å². The molecule has 2 aliphatic heterocycles. The minimum Gasteiger partial charge on any atom is -0.405 e. The zero-order valence-electron chi connectivity index (χ0n) is 16.2. The molecule has 0 aliphatic carbocycles. The molecule has 2 heterocycles. The van der Waals surface area contributed by atoms with E-state index in [2.05, 4.69) is 34.6 Å². The summed E-state index contributed by atoms with van der Waals surface area (Å²) in [4.78, 5) is 2.28. The Morgan fingerprint density at radius 3 is 2.79 bits per heavy atom. The number of benzene rings is 1. The van der Waals surface area contributed by atoms with Gasteiger partial charge in [0.25, 0.3) is 0 Å². The molecule has 150 valence electrons. The number of rotatable bonds is 6. The highest BCUT2D eigenvalue weighted by Crippen LogP contribution is 2.40. The Bertz CT molecular complexity index is 798. The lowest BCUT2D eigenvalue weighted by atomic mass is 9.81. The third-order valence-corrected chi connectivity index (χ3v) is 5.31. The molecule has 3 rings (SSSR count). The summed E-state index contributed by atoms with van der Waals surface area (Å²) in [6.07, 6.45) is 7.04. The molecule has 1 fully saturated rings. The fourth-order valence-corrected chi connectivity index (χ4v) is 3.85. The average molecular weight is 385 g/mol. The minimum atomic E-state index is -0.583. The maximum Gasteiger partial charge on any atom is 0.123 e. The zero-order valence-corrected chi connectivity index (χ0v) is 16.2. The van der Waals surface area contributed by atoms with Gasteiger partial charge in [0.2, 0.25) is 0 Å². The summed E-state index contributed by atoms with van der Waals surface area (Å²) in [5.41, 5.74) is 20.7. The molecule has 2 aliphatic rings. The van der Waals surface area contributed by atoms with Crippen LogP contribution in [0.25, 0.3) is 0 Å². The Balaban J connectivity index is 2.13. The van der Waals surface area contributed by atoms with Crippen LogP contribution in [-0.4, -0.2) is 37.1 Å². The molecule has 0 bridgehead atoms. The summed E-state index contributed by atoms with van der Waals surface area (Å²) in [5.74, 6) is 0.707. The van der Waals surface area contributed by atoms with Crippen LogP contribution in [0.15, 0.2) is 72.2 Å². The monoisotopic (exact) mass is 384 g/mol. The Morgan fingerprint density at radius 1 is 1.39 bits per heavy atom. The summed E-state index contributed by atoms with van der Waals surface area (Å²) in [5, 5.41) is 3.43. The van der Waals surface area contributed by atoms with Crippen molar-refractivity contribution >= 4 is 0 Å². The highest BCUT2D eigenvalue weighted by atomic mass is 19.1. The second kappa shape index (κ2) is 8.60. The standard InChI is InChI=1S/C21H29FN6/c1-3-4-15(9-10-23)19-20(28-12-11-25-18(13-24)14-28)26-27-21(19,2)16-5-7-17(22)8-6-16/h3-10,18,25-27H,1,11-14,23-24H2,2H3/b10-9-,15-4+. The Morgan fingerprint density at radius 2 is 2.14 bits per heavy atom. The SMILES string of the molecule is C=C/C=C(\C=C/N)C1=C(N2CCNC(CN)C2)NNC1(C)c1ccc(F)cc1. The van der Waals surface area contributed by atoms with Crippen molar-refractivity contribution in [1.82, 2.24) is 21.1 Å². The molecule has 0 spiro atoms. The second-order valence-corrected chi connectivity index (χ2v) is 7.16. The molecule has 0 aromatic heterocycles. The predicted octanol–water partition coefficient (Wildman–Crippen LogP) is 1.18. The molecule has 2 atom stereocenters. The first-order valence-corrected chi connectivity index (χ1v) is 9.47. The lowest BCUT2D eigenvalue weighted by Crippen LogP contribution is -2.54. The van der Waals surface area contributed by atoms with Crippen LogP contribution in [0.5, 0.6) is 0 Å². The normalized spacial score (nSPS) is 26.0. The maximum atomic E-state index is 13.5. The maximum absolute atomic E-state index is 13.5. The number of nitrogens with zero attached hydrogens (tertiary/aromatic N) is 1. The van der Waals surface area contributed by atoms with Crippen LogP contribution < -0.4 is 27.6 Å². The fourth-order valence-electron chi connectivity index (χ4n) is 3.85. The smallest absolute Gasteiger partial charge is 0.123 e. The predicted molar refractivity (Wildman–Crippen MR) is 111 cm³/mol. The van der Waals surface area contributed by atoms with Gasteiger partial charge >= 0.3 is 0 Å². The number of halogens is 1. The molecule has 28 heavy (non-hydrogen) atoms. The van der Waals surface area contributed by atoms with E-state index in [0.29, 0.717) is 6.54 Å². The summed E-state index contributed by atoms with van der Waals surface area (Å²) >= 11 is 0. The van der Waals surface area contributed by atoms with Gasteiger partial charge in [0.15, 0.2) is 0 Å². The van der Waals surface area contributed by atoms with E-state index < -0.39 is 5.54 Å². The van der Waals surface area contributed by atoms with E-state index in [1.54, 1.807) is 18.2 Å². The van der Waals surface area contributed by atoms with Crippen molar-refractivity contribution in [2.75, 3.05) is 26.2 Å². The number of hydrogen-bond acceptors (Lipinski definition) is 6. The lowest BCUT2D eigenvalue weighted by Gasteiger charge is -2.36. The largest absolute Gasteiger partial charge is 0.405 e. The van der Waals surface area contributed by atoms with E-state index in [1.165, 1.54) is 18.3 Å². The van der Waals surface area contributed by atoms with Crippen LogP contribution in [0.4, 0.5) is 4.39 Å². The van der Waals surface area contributed by atoms with Crippen LogP contribution in [-0.2, 0) is 5.54 Å². The van der Waals surface area contributed by atoms with E-state index in [4.69, 9.17) is 11.5 Å². The van der Waals surface area contributed by atoms with Gasteiger partial charge in [-0.15, -0.1) is 0 Å². The molecule has 1 saturated heterocycles. The quantitative estimate of drug-likeness (QED) is 0.473. The number of piperazine rings is 1. The average Bonchev–Trinajstić information content (AvgIpc) is 3.06. The lowest BCUT2D eigenvalue weighted by molar-refractivity contribution is 0.233. The van der Waals surface area contributed by atoms with Gasteiger partial charge in [-0.3, -0.25) is 0 Å². The first-order chi connectivity index (χ1) is 13.5. The van der Waals surface area contributed by atoms with Gasteiger partial charge in [-0.2, -0.15) is 0 Å². The Hall–Kier alpha value is -2.61. The molecule has 6 nitrogen and oxygen atoms in total. The topological polar surface area (TPSA) is 91.4 Å². The molecular weight excluding hydrogens is 355 g/mol.